The Bertz CT molecular complexity index is 294. The highest BCUT2D eigenvalue weighted by Gasteiger charge is 2.33. The number of likely N-dealkylation sites (tertiary alicyclic amines) is 1. The van der Waals surface area contributed by atoms with E-state index in [-0.39, 0.29) is 17.9 Å². The molecule has 0 atom stereocenters. The van der Waals surface area contributed by atoms with Gasteiger partial charge in [0.2, 0.25) is 5.91 Å². The molecule has 0 aromatic rings. The van der Waals surface area contributed by atoms with Gasteiger partial charge in [-0.15, -0.1) is 0 Å². The summed E-state index contributed by atoms with van der Waals surface area (Å²) in [5, 5.41) is 2.96. The zero-order valence-corrected chi connectivity index (χ0v) is 10.3. The number of amides is 1. The highest BCUT2D eigenvalue weighted by molar-refractivity contribution is 5.79. The first-order valence-electron chi connectivity index (χ1n) is 6.53. The molecule has 104 valence electrons. The van der Waals surface area contributed by atoms with Crippen molar-refractivity contribution < 1.29 is 18.0 Å². The molecule has 0 radical (unpaired) electrons. The number of nitrogens with one attached hydrogen (secondary N) is 1. The fourth-order valence-electron chi connectivity index (χ4n) is 2.48. The molecule has 2 fully saturated rings. The highest BCUT2D eigenvalue weighted by Crippen LogP contribution is 2.27. The van der Waals surface area contributed by atoms with Crippen LogP contribution in [0.5, 0.6) is 0 Å². The van der Waals surface area contributed by atoms with Crippen molar-refractivity contribution in [2.45, 2.75) is 44.3 Å². The molecule has 2 rings (SSSR count). The minimum atomic E-state index is -4.12. The average molecular weight is 264 g/mol. The lowest BCUT2D eigenvalue weighted by Crippen LogP contribution is -2.48. The molecule has 1 aliphatic carbocycles. The Morgan fingerprint density at radius 1 is 1.17 bits per heavy atom. The van der Waals surface area contributed by atoms with Gasteiger partial charge in [0, 0.05) is 25.0 Å². The van der Waals surface area contributed by atoms with Crippen molar-refractivity contribution in [3.8, 4) is 0 Å². The van der Waals surface area contributed by atoms with Gasteiger partial charge in [-0.05, 0) is 25.7 Å². The maximum atomic E-state index is 12.2. The van der Waals surface area contributed by atoms with Crippen LogP contribution in [0.4, 0.5) is 13.2 Å². The number of rotatable bonds is 3. The van der Waals surface area contributed by atoms with Gasteiger partial charge in [-0.2, -0.15) is 13.2 Å². The van der Waals surface area contributed by atoms with Crippen molar-refractivity contribution in [1.29, 1.82) is 0 Å². The minimum Gasteiger partial charge on any atom is -0.353 e. The zero-order valence-electron chi connectivity index (χ0n) is 10.3. The summed E-state index contributed by atoms with van der Waals surface area (Å²) in [4.78, 5) is 13.1. The SMILES string of the molecule is O=C(NC1CCN(CC(F)(F)F)CC1)C1CCC1. The summed E-state index contributed by atoms with van der Waals surface area (Å²) in [5.41, 5.74) is 0. The van der Waals surface area contributed by atoms with E-state index in [1.165, 1.54) is 4.90 Å². The molecule has 1 saturated carbocycles. The van der Waals surface area contributed by atoms with Crippen LogP contribution in [0.2, 0.25) is 0 Å². The molecule has 1 N–H and O–H groups in total. The fraction of sp³-hybridized carbons (Fsp3) is 0.917. The second-order valence-corrected chi connectivity index (χ2v) is 5.30. The van der Waals surface area contributed by atoms with Crippen molar-refractivity contribution in [2.75, 3.05) is 19.6 Å². The van der Waals surface area contributed by atoms with Gasteiger partial charge in [0.15, 0.2) is 0 Å². The van der Waals surface area contributed by atoms with Crippen molar-refractivity contribution in [3.63, 3.8) is 0 Å². The fourth-order valence-corrected chi connectivity index (χ4v) is 2.48. The number of carbonyl (C=O) groups excluding carboxylic acids is 1. The predicted molar refractivity (Wildman–Crippen MR) is 61.0 cm³/mol. The molecular weight excluding hydrogens is 245 g/mol. The first-order chi connectivity index (χ1) is 8.44. The van der Waals surface area contributed by atoms with E-state index < -0.39 is 12.7 Å². The highest BCUT2D eigenvalue weighted by atomic mass is 19.4. The van der Waals surface area contributed by atoms with Crippen LogP contribution in [0.15, 0.2) is 0 Å². The smallest absolute Gasteiger partial charge is 0.353 e. The maximum Gasteiger partial charge on any atom is 0.401 e. The normalized spacial score (nSPS) is 23.7. The lowest BCUT2D eigenvalue weighted by Gasteiger charge is -2.34. The molecule has 1 aliphatic heterocycles. The number of hydrogen-bond donors (Lipinski definition) is 1. The van der Waals surface area contributed by atoms with E-state index in [0.29, 0.717) is 25.9 Å². The summed E-state index contributed by atoms with van der Waals surface area (Å²) in [5.74, 6) is 0.244. The summed E-state index contributed by atoms with van der Waals surface area (Å²) < 4.78 is 36.6. The zero-order chi connectivity index (χ0) is 13.2. The summed E-state index contributed by atoms with van der Waals surface area (Å²) in [6.45, 7) is -0.0134. The van der Waals surface area contributed by atoms with Crippen LogP contribution in [-0.2, 0) is 4.79 Å². The largest absolute Gasteiger partial charge is 0.401 e. The summed E-state index contributed by atoms with van der Waals surface area (Å²) in [7, 11) is 0. The summed E-state index contributed by atoms with van der Waals surface area (Å²) >= 11 is 0. The van der Waals surface area contributed by atoms with Gasteiger partial charge in [-0.3, -0.25) is 9.69 Å². The van der Waals surface area contributed by atoms with E-state index >= 15 is 0 Å². The third-order valence-corrected chi connectivity index (χ3v) is 3.81. The standard InChI is InChI=1S/C12H19F3N2O/c13-12(14,15)8-17-6-4-10(5-7-17)16-11(18)9-2-1-3-9/h9-10H,1-8H2,(H,16,18). The number of carbonyl (C=O) groups is 1. The lowest BCUT2D eigenvalue weighted by molar-refractivity contribution is -0.148. The molecule has 0 unspecified atom stereocenters. The first kappa shape index (κ1) is 13.6. The molecule has 0 bridgehead atoms. The molecule has 3 nitrogen and oxygen atoms in total. The Kier molecular flexibility index (Phi) is 4.14. The molecule has 2 aliphatic rings. The van der Waals surface area contributed by atoms with E-state index in [2.05, 4.69) is 5.32 Å². The molecule has 18 heavy (non-hydrogen) atoms. The molecule has 0 aromatic carbocycles. The number of halogens is 3. The summed E-state index contributed by atoms with van der Waals surface area (Å²) in [6, 6.07) is 0.0579. The molecular formula is C12H19F3N2O. The van der Waals surface area contributed by atoms with E-state index in [1.54, 1.807) is 0 Å². The van der Waals surface area contributed by atoms with E-state index in [9.17, 15) is 18.0 Å². The molecule has 1 saturated heterocycles. The maximum absolute atomic E-state index is 12.2. The Balaban J connectivity index is 1.68. The summed E-state index contributed by atoms with van der Waals surface area (Å²) in [6.07, 6.45) is 0.144. The average Bonchev–Trinajstić information content (AvgIpc) is 2.16. The molecule has 1 amide bonds. The molecule has 0 spiro atoms. The van der Waals surface area contributed by atoms with E-state index in [4.69, 9.17) is 0 Å². The number of piperidine rings is 1. The van der Waals surface area contributed by atoms with Gasteiger partial charge in [-0.25, -0.2) is 0 Å². The van der Waals surface area contributed by atoms with Gasteiger partial charge in [0.05, 0.1) is 6.54 Å². The van der Waals surface area contributed by atoms with Crippen LogP contribution >= 0.6 is 0 Å². The molecule has 1 heterocycles. The third-order valence-electron chi connectivity index (χ3n) is 3.81. The monoisotopic (exact) mass is 264 g/mol. The van der Waals surface area contributed by atoms with Crippen LogP contribution < -0.4 is 5.32 Å². The van der Waals surface area contributed by atoms with Crippen molar-refractivity contribution in [1.82, 2.24) is 10.2 Å². The number of alkyl halides is 3. The van der Waals surface area contributed by atoms with Crippen molar-refractivity contribution >= 4 is 5.91 Å². The van der Waals surface area contributed by atoms with Crippen molar-refractivity contribution in [3.05, 3.63) is 0 Å². The second-order valence-electron chi connectivity index (χ2n) is 5.30. The van der Waals surface area contributed by atoms with E-state index in [0.717, 1.165) is 19.3 Å². The lowest BCUT2D eigenvalue weighted by atomic mass is 9.84. The molecule has 0 aromatic heterocycles. The van der Waals surface area contributed by atoms with Crippen LogP contribution in [0.1, 0.15) is 32.1 Å². The Morgan fingerprint density at radius 2 is 1.78 bits per heavy atom. The van der Waals surface area contributed by atoms with E-state index in [1.807, 2.05) is 0 Å². The molecule has 6 heteroatoms. The van der Waals surface area contributed by atoms with Crippen molar-refractivity contribution in [2.24, 2.45) is 5.92 Å². The van der Waals surface area contributed by atoms with Gasteiger partial charge in [0.25, 0.3) is 0 Å². The second kappa shape index (κ2) is 5.47. The van der Waals surface area contributed by atoms with Crippen LogP contribution in [0.3, 0.4) is 0 Å². The van der Waals surface area contributed by atoms with Crippen LogP contribution in [0, 0.1) is 5.92 Å². The quantitative estimate of drug-likeness (QED) is 0.844. The van der Waals surface area contributed by atoms with Crippen LogP contribution in [0.25, 0.3) is 0 Å². The third kappa shape index (κ3) is 3.86. The van der Waals surface area contributed by atoms with Gasteiger partial charge >= 0.3 is 6.18 Å². The Labute approximate surface area is 105 Å². The van der Waals surface area contributed by atoms with Gasteiger partial charge in [0.1, 0.15) is 0 Å². The number of hydrogen-bond acceptors (Lipinski definition) is 2. The van der Waals surface area contributed by atoms with Crippen LogP contribution in [-0.4, -0.2) is 42.7 Å². The Hall–Kier alpha value is -0.780. The van der Waals surface area contributed by atoms with Gasteiger partial charge < -0.3 is 5.32 Å². The number of nitrogens with zero attached hydrogens (tertiary/aromatic N) is 1. The first-order valence-corrected chi connectivity index (χ1v) is 6.53. The Morgan fingerprint density at radius 3 is 2.22 bits per heavy atom. The minimum absolute atomic E-state index is 0.0579. The van der Waals surface area contributed by atoms with Gasteiger partial charge in [-0.1, -0.05) is 6.42 Å². The topological polar surface area (TPSA) is 32.3 Å². The predicted octanol–water partition coefficient (Wildman–Crippen LogP) is 1.93.